The Bertz CT molecular complexity index is 1180. The number of hydrogen-bond donors (Lipinski definition) is 1. The van der Waals surface area contributed by atoms with Gasteiger partial charge in [0.15, 0.2) is 6.61 Å². The first-order valence-electron chi connectivity index (χ1n) is 13.3. The number of nitrogens with one attached hydrogen (secondary N) is 1. The van der Waals surface area contributed by atoms with Crippen molar-refractivity contribution < 1.29 is 14.3 Å². The van der Waals surface area contributed by atoms with Gasteiger partial charge in [-0.05, 0) is 61.9 Å². The standard InChI is InChI=1S/C32H38N2O3/c1-23-14-17-27(18-15-23)21-34(31(35)22-37-30-19-24(2)13-16-25(30)3)29(20-26-9-5-4-6-10-26)32(36)33-28-11-7-8-12-28/h4-6,9-10,13-19,28-29H,7-8,11-12,20-22H2,1-3H3,(H,33,36)/t29-/m1/s1. The van der Waals surface area contributed by atoms with Crippen LogP contribution >= 0.6 is 0 Å². The molecule has 0 aliphatic heterocycles. The van der Waals surface area contributed by atoms with Gasteiger partial charge in [-0.3, -0.25) is 9.59 Å². The van der Waals surface area contributed by atoms with Crippen LogP contribution in [0, 0.1) is 20.8 Å². The van der Waals surface area contributed by atoms with Crippen molar-refractivity contribution in [2.75, 3.05) is 6.61 Å². The molecule has 4 rings (SSSR count). The highest BCUT2D eigenvalue weighted by atomic mass is 16.5. The molecule has 1 atom stereocenters. The second-order valence-corrected chi connectivity index (χ2v) is 10.3. The van der Waals surface area contributed by atoms with E-state index in [4.69, 9.17) is 4.74 Å². The number of ether oxygens (including phenoxy) is 1. The Labute approximate surface area is 220 Å². The van der Waals surface area contributed by atoms with E-state index in [9.17, 15) is 9.59 Å². The molecule has 1 aliphatic rings. The van der Waals surface area contributed by atoms with Crippen molar-refractivity contribution in [3.63, 3.8) is 0 Å². The lowest BCUT2D eigenvalue weighted by atomic mass is 10.0. The van der Waals surface area contributed by atoms with E-state index in [0.29, 0.717) is 18.7 Å². The Balaban J connectivity index is 1.62. The van der Waals surface area contributed by atoms with Gasteiger partial charge in [0, 0.05) is 19.0 Å². The van der Waals surface area contributed by atoms with Gasteiger partial charge in [0.25, 0.3) is 5.91 Å². The van der Waals surface area contributed by atoms with E-state index in [1.54, 1.807) is 4.90 Å². The highest BCUT2D eigenvalue weighted by Crippen LogP contribution is 2.22. The summed E-state index contributed by atoms with van der Waals surface area (Å²) in [5, 5.41) is 3.25. The van der Waals surface area contributed by atoms with Crippen LogP contribution in [0.5, 0.6) is 5.75 Å². The summed E-state index contributed by atoms with van der Waals surface area (Å²) in [4.78, 5) is 29.2. The number of carbonyl (C=O) groups is 2. The number of nitrogens with zero attached hydrogens (tertiary/aromatic N) is 1. The Kier molecular flexibility index (Phi) is 8.99. The molecule has 1 fully saturated rings. The summed E-state index contributed by atoms with van der Waals surface area (Å²) in [5.41, 5.74) is 5.20. The fourth-order valence-electron chi connectivity index (χ4n) is 4.90. The number of amides is 2. The molecule has 0 unspecified atom stereocenters. The van der Waals surface area contributed by atoms with Gasteiger partial charge in [0.2, 0.25) is 5.91 Å². The quantitative estimate of drug-likeness (QED) is 0.391. The minimum atomic E-state index is -0.640. The van der Waals surface area contributed by atoms with Crippen LogP contribution in [-0.4, -0.2) is 35.4 Å². The summed E-state index contributed by atoms with van der Waals surface area (Å²) < 4.78 is 6.01. The summed E-state index contributed by atoms with van der Waals surface area (Å²) in [6.45, 7) is 6.22. The molecule has 3 aromatic carbocycles. The van der Waals surface area contributed by atoms with Crippen molar-refractivity contribution in [2.45, 2.75) is 71.5 Å². The third-order valence-corrected chi connectivity index (χ3v) is 7.14. The molecule has 1 saturated carbocycles. The van der Waals surface area contributed by atoms with Gasteiger partial charge >= 0.3 is 0 Å². The van der Waals surface area contributed by atoms with Crippen LogP contribution in [0.4, 0.5) is 0 Å². The fourth-order valence-corrected chi connectivity index (χ4v) is 4.90. The average Bonchev–Trinajstić information content (AvgIpc) is 3.41. The molecular weight excluding hydrogens is 460 g/mol. The predicted octanol–water partition coefficient (Wildman–Crippen LogP) is 5.69. The summed E-state index contributed by atoms with van der Waals surface area (Å²) in [7, 11) is 0. The molecular formula is C32H38N2O3. The average molecular weight is 499 g/mol. The largest absolute Gasteiger partial charge is 0.483 e. The molecule has 1 N–H and O–H groups in total. The molecule has 3 aromatic rings. The van der Waals surface area contributed by atoms with E-state index in [1.165, 1.54) is 0 Å². The van der Waals surface area contributed by atoms with Crippen molar-refractivity contribution in [3.05, 3.63) is 101 Å². The molecule has 5 nitrogen and oxygen atoms in total. The third-order valence-electron chi connectivity index (χ3n) is 7.14. The van der Waals surface area contributed by atoms with Crippen LogP contribution in [0.2, 0.25) is 0 Å². The van der Waals surface area contributed by atoms with Crippen molar-refractivity contribution in [1.82, 2.24) is 10.2 Å². The van der Waals surface area contributed by atoms with Crippen molar-refractivity contribution in [3.8, 4) is 5.75 Å². The monoisotopic (exact) mass is 498 g/mol. The number of benzene rings is 3. The maximum absolute atomic E-state index is 13.8. The maximum atomic E-state index is 13.8. The van der Waals surface area contributed by atoms with Gasteiger partial charge in [-0.1, -0.05) is 85.1 Å². The van der Waals surface area contributed by atoms with E-state index < -0.39 is 6.04 Å². The normalized spacial score (nSPS) is 14.2. The fraction of sp³-hybridized carbons (Fsp3) is 0.375. The van der Waals surface area contributed by atoms with Crippen molar-refractivity contribution in [1.29, 1.82) is 0 Å². The lowest BCUT2D eigenvalue weighted by Gasteiger charge is -2.32. The van der Waals surface area contributed by atoms with Crippen molar-refractivity contribution >= 4 is 11.8 Å². The van der Waals surface area contributed by atoms with E-state index in [-0.39, 0.29) is 24.5 Å². The number of hydrogen-bond acceptors (Lipinski definition) is 3. The number of rotatable bonds is 10. The molecule has 0 radical (unpaired) electrons. The minimum absolute atomic E-state index is 0.0945. The van der Waals surface area contributed by atoms with Crippen LogP contribution in [0.15, 0.2) is 72.8 Å². The molecule has 1 aliphatic carbocycles. The first-order valence-corrected chi connectivity index (χ1v) is 13.3. The van der Waals surface area contributed by atoms with E-state index in [0.717, 1.165) is 53.5 Å². The van der Waals surface area contributed by atoms with Gasteiger partial charge in [-0.25, -0.2) is 0 Å². The van der Waals surface area contributed by atoms with Gasteiger partial charge in [-0.2, -0.15) is 0 Å². The smallest absolute Gasteiger partial charge is 0.261 e. The van der Waals surface area contributed by atoms with Gasteiger partial charge in [0.1, 0.15) is 11.8 Å². The van der Waals surface area contributed by atoms with Crippen LogP contribution in [0.1, 0.15) is 53.5 Å². The third kappa shape index (κ3) is 7.45. The maximum Gasteiger partial charge on any atom is 0.261 e. The second-order valence-electron chi connectivity index (χ2n) is 10.3. The summed E-state index contributed by atoms with van der Waals surface area (Å²) in [5.74, 6) is 0.394. The second kappa shape index (κ2) is 12.6. The Hall–Kier alpha value is -3.60. The molecule has 2 amide bonds. The van der Waals surface area contributed by atoms with Gasteiger partial charge < -0.3 is 15.0 Å². The first-order chi connectivity index (χ1) is 17.9. The minimum Gasteiger partial charge on any atom is -0.483 e. The van der Waals surface area contributed by atoms with Crippen LogP contribution < -0.4 is 10.1 Å². The molecule has 0 heterocycles. The van der Waals surface area contributed by atoms with Crippen molar-refractivity contribution in [2.24, 2.45) is 0 Å². The van der Waals surface area contributed by atoms with Crippen LogP contribution in [-0.2, 0) is 22.6 Å². The lowest BCUT2D eigenvalue weighted by Crippen LogP contribution is -2.53. The molecule has 194 valence electrons. The van der Waals surface area contributed by atoms with E-state index in [2.05, 4.69) is 5.32 Å². The molecule has 37 heavy (non-hydrogen) atoms. The molecule has 0 spiro atoms. The van der Waals surface area contributed by atoms with E-state index in [1.807, 2.05) is 93.6 Å². The highest BCUT2D eigenvalue weighted by Gasteiger charge is 2.32. The van der Waals surface area contributed by atoms with Gasteiger partial charge in [-0.15, -0.1) is 0 Å². The number of carbonyl (C=O) groups excluding carboxylic acids is 2. The summed E-state index contributed by atoms with van der Waals surface area (Å²) in [6, 6.07) is 23.5. The zero-order chi connectivity index (χ0) is 26.2. The van der Waals surface area contributed by atoms with Crippen LogP contribution in [0.25, 0.3) is 0 Å². The highest BCUT2D eigenvalue weighted by molar-refractivity contribution is 5.88. The molecule has 0 bridgehead atoms. The first kappa shape index (κ1) is 26.5. The Morgan fingerprint density at radius 3 is 2.27 bits per heavy atom. The van der Waals surface area contributed by atoms with Crippen LogP contribution in [0.3, 0.4) is 0 Å². The van der Waals surface area contributed by atoms with E-state index >= 15 is 0 Å². The summed E-state index contributed by atoms with van der Waals surface area (Å²) >= 11 is 0. The van der Waals surface area contributed by atoms with Gasteiger partial charge in [0.05, 0.1) is 0 Å². The Morgan fingerprint density at radius 1 is 0.892 bits per heavy atom. The molecule has 0 aromatic heterocycles. The summed E-state index contributed by atoms with van der Waals surface area (Å²) in [6.07, 6.45) is 4.69. The predicted molar refractivity (Wildman–Crippen MR) is 147 cm³/mol. The Morgan fingerprint density at radius 2 is 1.57 bits per heavy atom. The zero-order valence-corrected chi connectivity index (χ0v) is 22.2. The SMILES string of the molecule is Cc1ccc(CN(C(=O)COc2cc(C)ccc2C)[C@H](Cc2ccccc2)C(=O)NC2CCCC2)cc1. The number of aryl methyl sites for hydroxylation is 3. The topological polar surface area (TPSA) is 58.6 Å². The lowest BCUT2D eigenvalue weighted by molar-refractivity contribution is -0.143. The zero-order valence-electron chi connectivity index (χ0n) is 22.2. The molecule has 0 saturated heterocycles. The molecule has 5 heteroatoms.